The molecule has 1 aliphatic carbocycles. The zero-order valence-electron chi connectivity index (χ0n) is 13.9. The number of rotatable bonds is 5. The lowest BCUT2D eigenvalue weighted by Crippen LogP contribution is -2.36. The van der Waals surface area contributed by atoms with E-state index in [4.69, 9.17) is 4.74 Å². The molecule has 2 heterocycles. The molecule has 0 bridgehead atoms. The summed E-state index contributed by atoms with van der Waals surface area (Å²) in [6.45, 7) is 3.43. The van der Waals surface area contributed by atoms with E-state index < -0.39 is 5.97 Å². The van der Waals surface area contributed by atoms with Crippen molar-refractivity contribution in [2.45, 2.75) is 52.0 Å². The molecule has 0 saturated heterocycles. The summed E-state index contributed by atoms with van der Waals surface area (Å²) in [6, 6.07) is 0.222. The summed E-state index contributed by atoms with van der Waals surface area (Å²) in [5.74, 6) is -0.198. The average molecular weight is 331 g/mol. The van der Waals surface area contributed by atoms with Crippen molar-refractivity contribution in [1.82, 2.24) is 24.9 Å². The highest BCUT2D eigenvalue weighted by Crippen LogP contribution is 2.17. The Bertz CT molecular complexity index is 764. The van der Waals surface area contributed by atoms with E-state index in [0.29, 0.717) is 11.5 Å². The maximum Gasteiger partial charge on any atom is 0.310 e. The fraction of sp³-hybridized carbons (Fsp3) is 0.562. The molecule has 0 atom stereocenters. The van der Waals surface area contributed by atoms with Gasteiger partial charge in [-0.05, 0) is 26.7 Å². The predicted octanol–water partition coefficient (Wildman–Crippen LogP) is 0.886. The number of ether oxygens (including phenoxy) is 1. The average Bonchev–Trinajstić information content (AvgIpc) is 3.21. The summed E-state index contributed by atoms with van der Waals surface area (Å²) >= 11 is 0. The van der Waals surface area contributed by atoms with E-state index >= 15 is 0 Å². The standard InChI is InChI=1S/C16H21N5O3/c1-10-13(11(2)21-16(19-10)17-9-18-21)7-15(23)24-8-14(22)20-12-5-3-4-6-12/h9,12H,3-8H2,1-2H3,(H,20,22). The number of hydrogen-bond acceptors (Lipinski definition) is 6. The van der Waals surface area contributed by atoms with Crippen molar-refractivity contribution in [3.8, 4) is 0 Å². The summed E-state index contributed by atoms with van der Waals surface area (Å²) in [5.41, 5.74) is 2.25. The van der Waals surface area contributed by atoms with Crippen LogP contribution < -0.4 is 5.32 Å². The monoisotopic (exact) mass is 331 g/mol. The molecule has 8 heteroatoms. The van der Waals surface area contributed by atoms with Gasteiger partial charge in [0, 0.05) is 23.0 Å². The van der Waals surface area contributed by atoms with Gasteiger partial charge in [-0.15, -0.1) is 0 Å². The molecule has 0 spiro atoms. The minimum atomic E-state index is -0.455. The highest BCUT2D eigenvalue weighted by molar-refractivity contribution is 5.81. The van der Waals surface area contributed by atoms with Gasteiger partial charge < -0.3 is 10.1 Å². The van der Waals surface area contributed by atoms with Gasteiger partial charge in [-0.3, -0.25) is 9.59 Å². The van der Waals surface area contributed by atoms with Gasteiger partial charge in [0.15, 0.2) is 6.61 Å². The summed E-state index contributed by atoms with van der Waals surface area (Å²) in [6.07, 6.45) is 5.76. The molecule has 1 amide bonds. The number of aryl methyl sites for hydroxylation is 2. The quantitative estimate of drug-likeness (QED) is 0.817. The number of nitrogens with one attached hydrogen (secondary N) is 1. The highest BCUT2D eigenvalue weighted by Gasteiger charge is 2.19. The van der Waals surface area contributed by atoms with Crippen LogP contribution in [0.25, 0.3) is 5.78 Å². The Morgan fingerprint density at radius 3 is 2.83 bits per heavy atom. The van der Waals surface area contributed by atoms with E-state index in [1.165, 1.54) is 6.33 Å². The summed E-state index contributed by atoms with van der Waals surface area (Å²) in [4.78, 5) is 32.2. The first-order chi connectivity index (χ1) is 11.5. The second-order valence-corrected chi connectivity index (χ2v) is 6.12. The molecule has 3 rings (SSSR count). The number of carbonyl (C=O) groups excluding carboxylic acids is 2. The summed E-state index contributed by atoms with van der Waals surface area (Å²) in [7, 11) is 0. The lowest BCUT2D eigenvalue weighted by Gasteiger charge is -2.13. The lowest BCUT2D eigenvalue weighted by atomic mass is 10.1. The number of aromatic nitrogens is 4. The van der Waals surface area contributed by atoms with Crippen LogP contribution in [-0.2, 0) is 20.7 Å². The lowest BCUT2D eigenvalue weighted by molar-refractivity contribution is -0.148. The van der Waals surface area contributed by atoms with Gasteiger partial charge in [0.05, 0.1) is 6.42 Å². The van der Waals surface area contributed by atoms with Gasteiger partial charge in [0.25, 0.3) is 11.7 Å². The second-order valence-electron chi connectivity index (χ2n) is 6.12. The Morgan fingerprint density at radius 2 is 2.08 bits per heavy atom. The van der Waals surface area contributed by atoms with E-state index in [9.17, 15) is 9.59 Å². The molecular weight excluding hydrogens is 310 g/mol. The molecule has 1 fully saturated rings. The Labute approximate surface area is 139 Å². The number of amides is 1. The Hall–Kier alpha value is -2.51. The molecule has 2 aromatic rings. The third-order valence-electron chi connectivity index (χ3n) is 4.39. The maximum atomic E-state index is 12.1. The Kier molecular flexibility index (Phi) is 4.73. The van der Waals surface area contributed by atoms with Crippen LogP contribution in [0.1, 0.15) is 42.6 Å². The Morgan fingerprint density at radius 1 is 1.33 bits per heavy atom. The number of nitrogens with zero attached hydrogens (tertiary/aromatic N) is 4. The van der Waals surface area contributed by atoms with Crippen molar-refractivity contribution >= 4 is 17.7 Å². The van der Waals surface area contributed by atoms with Crippen LogP contribution in [-0.4, -0.2) is 44.1 Å². The second kappa shape index (κ2) is 6.94. The SMILES string of the molecule is Cc1nc2ncnn2c(C)c1CC(=O)OCC(=O)NC1CCCC1. The van der Waals surface area contributed by atoms with Crippen LogP contribution >= 0.6 is 0 Å². The molecule has 0 unspecified atom stereocenters. The third kappa shape index (κ3) is 3.52. The normalized spacial score (nSPS) is 14.9. The molecule has 8 nitrogen and oxygen atoms in total. The van der Waals surface area contributed by atoms with E-state index in [2.05, 4.69) is 20.4 Å². The number of fused-ring (bicyclic) bond motifs is 1. The van der Waals surface area contributed by atoms with E-state index in [-0.39, 0.29) is 25.0 Å². The molecular formula is C16H21N5O3. The van der Waals surface area contributed by atoms with Crippen molar-refractivity contribution in [1.29, 1.82) is 0 Å². The molecule has 2 aromatic heterocycles. The van der Waals surface area contributed by atoms with Crippen LogP contribution in [0, 0.1) is 13.8 Å². The fourth-order valence-corrected chi connectivity index (χ4v) is 3.09. The zero-order chi connectivity index (χ0) is 17.1. The first-order valence-electron chi connectivity index (χ1n) is 8.15. The van der Waals surface area contributed by atoms with Crippen LogP contribution in [0.5, 0.6) is 0 Å². The van der Waals surface area contributed by atoms with Crippen molar-refractivity contribution < 1.29 is 14.3 Å². The summed E-state index contributed by atoms with van der Waals surface area (Å²) in [5, 5.41) is 6.98. The van der Waals surface area contributed by atoms with Crippen molar-refractivity contribution in [3.63, 3.8) is 0 Å². The fourth-order valence-electron chi connectivity index (χ4n) is 3.09. The molecule has 1 aliphatic rings. The number of esters is 1. The van der Waals surface area contributed by atoms with Gasteiger partial charge in [-0.1, -0.05) is 12.8 Å². The summed E-state index contributed by atoms with van der Waals surface area (Å²) < 4.78 is 6.68. The topological polar surface area (TPSA) is 98.5 Å². The minimum absolute atomic E-state index is 0.0528. The van der Waals surface area contributed by atoms with Crippen molar-refractivity contribution in [2.24, 2.45) is 0 Å². The van der Waals surface area contributed by atoms with E-state index in [0.717, 1.165) is 36.9 Å². The minimum Gasteiger partial charge on any atom is -0.455 e. The maximum absolute atomic E-state index is 12.1. The van der Waals surface area contributed by atoms with Crippen LogP contribution in [0.2, 0.25) is 0 Å². The highest BCUT2D eigenvalue weighted by atomic mass is 16.5. The van der Waals surface area contributed by atoms with Gasteiger partial charge in [-0.2, -0.15) is 10.1 Å². The molecule has 1 N–H and O–H groups in total. The molecule has 24 heavy (non-hydrogen) atoms. The molecule has 0 radical (unpaired) electrons. The van der Waals surface area contributed by atoms with Crippen molar-refractivity contribution in [3.05, 3.63) is 23.3 Å². The van der Waals surface area contributed by atoms with Crippen molar-refractivity contribution in [2.75, 3.05) is 6.61 Å². The van der Waals surface area contributed by atoms with Crippen LogP contribution in [0.4, 0.5) is 0 Å². The van der Waals surface area contributed by atoms with Gasteiger partial charge in [0.2, 0.25) is 0 Å². The molecule has 128 valence electrons. The van der Waals surface area contributed by atoms with Gasteiger partial charge >= 0.3 is 5.97 Å². The number of carbonyl (C=O) groups is 2. The first-order valence-corrected chi connectivity index (χ1v) is 8.15. The first kappa shape index (κ1) is 16.4. The zero-order valence-corrected chi connectivity index (χ0v) is 13.9. The smallest absolute Gasteiger partial charge is 0.310 e. The Balaban J connectivity index is 1.57. The van der Waals surface area contributed by atoms with Crippen LogP contribution in [0.15, 0.2) is 6.33 Å². The van der Waals surface area contributed by atoms with E-state index in [1.54, 1.807) is 4.52 Å². The number of hydrogen-bond donors (Lipinski definition) is 1. The molecule has 0 aliphatic heterocycles. The van der Waals surface area contributed by atoms with E-state index in [1.807, 2.05) is 13.8 Å². The van der Waals surface area contributed by atoms with Crippen LogP contribution in [0.3, 0.4) is 0 Å². The predicted molar refractivity (Wildman–Crippen MR) is 85.3 cm³/mol. The largest absolute Gasteiger partial charge is 0.455 e. The van der Waals surface area contributed by atoms with Gasteiger partial charge in [0.1, 0.15) is 6.33 Å². The van der Waals surface area contributed by atoms with Gasteiger partial charge in [-0.25, -0.2) is 9.50 Å². The molecule has 1 saturated carbocycles. The molecule has 0 aromatic carbocycles. The third-order valence-corrected chi connectivity index (χ3v) is 4.39.